The van der Waals surface area contributed by atoms with Gasteiger partial charge in [0, 0.05) is 17.9 Å². The minimum atomic E-state index is -0.235. The van der Waals surface area contributed by atoms with Crippen LogP contribution in [0.15, 0.2) is 42.5 Å². The Morgan fingerprint density at radius 1 is 1.07 bits per heavy atom. The first kappa shape index (κ1) is 19.2. The van der Waals surface area contributed by atoms with Crippen LogP contribution in [0.25, 0.3) is 0 Å². The van der Waals surface area contributed by atoms with E-state index < -0.39 is 0 Å². The van der Waals surface area contributed by atoms with Gasteiger partial charge in [-0.1, -0.05) is 37.3 Å². The predicted molar refractivity (Wildman–Crippen MR) is 110 cm³/mol. The summed E-state index contributed by atoms with van der Waals surface area (Å²) >= 11 is 0. The molecule has 2 amide bonds. The zero-order valence-corrected chi connectivity index (χ0v) is 16.6. The van der Waals surface area contributed by atoms with E-state index in [9.17, 15) is 9.59 Å². The second-order valence-corrected chi connectivity index (χ2v) is 7.32. The van der Waals surface area contributed by atoms with E-state index in [1.807, 2.05) is 63.2 Å². The summed E-state index contributed by atoms with van der Waals surface area (Å²) in [5, 5.41) is 3.07. The third-order valence-corrected chi connectivity index (χ3v) is 5.33. The molecule has 0 aliphatic heterocycles. The highest BCUT2D eigenvalue weighted by Gasteiger charge is 2.49. The van der Waals surface area contributed by atoms with Crippen molar-refractivity contribution in [1.29, 1.82) is 0 Å². The molecule has 0 heterocycles. The van der Waals surface area contributed by atoms with Gasteiger partial charge in [-0.25, -0.2) is 0 Å². The molecule has 0 aromatic heterocycles. The molecule has 2 atom stereocenters. The highest BCUT2D eigenvalue weighted by Crippen LogP contribution is 2.42. The van der Waals surface area contributed by atoms with E-state index in [0.29, 0.717) is 13.0 Å². The predicted octanol–water partition coefficient (Wildman–Crippen LogP) is 4.49. The van der Waals surface area contributed by atoms with E-state index in [1.165, 1.54) is 0 Å². The summed E-state index contributed by atoms with van der Waals surface area (Å²) in [7, 11) is 0. The molecule has 1 N–H and O–H groups in total. The molecule has 142 valence electrons. The normalized spacial score (nSPS) is 18.1. The zero-order chi connectivity index (χ0) is 19.6. The molecule has 1 aliphatic carbocycles. The Morgan fingerprint density at radius 2 is 1.81 bits per heavy atom. The molecule has 27 heavy (non-hydrogen) atoms. The van der Waals surface area contributed by atoms with E-state index in [-0.39, 0.29) is 23.7 Å². The lowest BCUT2D eigenvalue weighted by Gasteiger charge is -2.21. The molecule has 3 rings (SSSR count). The quantitative estimate of drug-likeness (QED) is 0.821. The lowest BCUT2D eigenvalue weighted by atomic mass is 10.1. The Hall–Kier alpha value is -2.62. The molecular formula is C23H28N2O2. The van der Waals surface area contributed by atoms with Crippen LogP contribution in [0.4, 0.5) is 11.4 Å². The summed E-state index contributed by atoms with van der Waals surface area (Å²) in [5.41, 5.74) is 5.10. The lowest BCUT2D eigenvalue weighted by molar-refractivity contribution is -0.123. The van der Waals surface area contributed by atoms with Crippen LogP contribution in [-0.4, -0.2) is 18.4 Å². The summed E-state index contributed by atoms with van der Waals surface area (Å²) in [4.78, 5) is 27.5. The summed E-state index contributed by atoms with van der Waals surface area (Å²) in [6.45, 7) is 8.67. The van der Waals surface area contributed by atoms with E-state index in [1.54, 1.807) is 4.90 Å². The van der Waals surface area contributed by atoms with Gasteiger partial charge in [0.05, 0.1) is 11.8 Å². The molecule has 2 aromatic rings. The Labute approximate surface area is 161 Å². The van der Waals surface area contributed by atoms with Gasteiger partial charge in [-0.3, -0.25) is 9.59 Å². The first-order valence-corrected chi connectivity index (χ1v) is 9.73. The van der Waals surface area contributed by atoms with Gasteiger partial charge in [0.1, 0.15) is 0 Å². The first-order valence-electron chi connectivity index (χ1n) is 9.73. The number of carbonyl (C=O) groups is 2. The SMILES string of the molecule is CCc1cccc(C)c1NC(=O)C1CC1C(=O)N(CC)c1cccc(C)c1. The van der Waals surface area contributed by atoms with Crippen LogP contribution in [-0.2, 0) is 16.0 Å². The van der Waals surface area contributed by atoms with Crippen LogP contribution in [0.3, 0.4) is 0 Å². The Kier molecular flexibility index (Phi) is 5.64. The number of hydrogen-bond donors (Lipinski definition) is 1. The van der Waals surface area contributed by atoms with E-state index in [2.05, 4.69) is 12.2 Å². The number of para-hydroxylation sites is 1. The standard InChI is InChI=1S/C23H28N2O2/c1-5-17-11-8-10-16(4)21(17)24-22(26)19-14-20(19)23(27)25(6-2)18-12-7-9-15(3)13-18/h7-13,19-20H,5-6,14H2,1-4H3,(H,24,26). The van der Waals surface area contributed by atoms with Crippen LogP contribution < -0.4 is 10.2 Å². The Balaban J connectivity index is 1.70. The summed E-state index contributed by atoms with van der Waals surface area (Å²) in [5.74, 6) is -0.457. The lowest BCUT2D eigenvalue weighted by Crippen LogP contribution is -2.33. The average molecular weight is 364 g/mol. The van der Waals surface area contributed by atoms with Gasteiger partial charge in [0.15, 0.2) is 0 Å². The summed E-state index contributed by atoms with van der Waals surface area (Å²) < 4.78 is 0. The smallest absolute Gasteiger partial charge is 0.230 e. The van der Waals surface area contributed by atoms with Gasteiger partial charge in [-0.15, -0.1) is 0 Å². The topological polar surface area (TPSA) is 49.4 Å². The van der Waals surface area contributed by atoms with Crippen molar-refractivity contribution < 1.29 is 9.59 Å². The van der Waals surface area contributed by atoms with Gasteiger partial charge in [-0.2, -0.15) is 0 Å². The average Bonchev–Trinajstić information content (AvgIpc) is 3.45. The molecule has 4 nitrogen and oxygen atoms in total. The largest absolute Gasteiger partial charge is 0.325 e. The Bertz CT molecular complexity index is 859. The third-order valence-electron chi connectivity index (χ3n) is 5.33. The molecular weight excluding hydrogens is 336 g/mol. The second-order valence-electron chi connectivity index (χ2n) is 7.32. The van der Waals surface area contributed by atoms with Crippen molar-refractivity contribution in [1.82, 2.24) is 0 Å². The highest BCUT2D eigenvalue weighted by atomic mass is 16.2. The van der Waals surface area contributed by atoms with Gasteiger partial charge in [-0.05, 0) is 62.4 Å². The number of amides is 2. The molecule has 1 fully saturated rings. The van der Waals surface area contributed by atoms with Crippen molar-refractivity contribution in [3.63, 3.8) is 0 Å². The minimum Gasteiger partial charge on any atom is -0.325 e. The molecule has 0 radical (unpaired) electrons. The van der Waals surface area contributed by atoms with Crippen molar-refractivity contribution in [2.75, 3.05) is 16.8 Å². The van der Waals surface area contributed by atoms with Crippen molar-refractivity contribution in [2.24, 2.45) is 11.8 Å². The number of nitrogens with zero attached hydrogens (tertiary/aromatic N) is 1. The molecule has 4 heteroatoms. The van der Waals surface area contributed by atoms with Crippen LogP contribution in [0.5, 0.6) is 0 Å². The second kappa shape index (κ2) is 7.95. The Morgan fingerprint density at radius 3 is 2.48 bits per heavy atom. The van der Waals surface area contributed by atoms with Crippen molar-refractivity contribution in [3.8, 4) is 0 Å². The number of rotatable bonds is 6. The monoisotopic (exact) mass is 364 g/mol. The van der Waals surface area contributed by atoms with Crippen molar-refractivity contribution >= 4 is 23.2 Å². The zero-order valence-electron chi connectivity index (χ0n) is 16.6. The first-order chi connectivity index (χ1) is 13.0. The van der Waals surface area contributed by atoms with Crippen molar-refractivity contribution in [2.45, 2.75) is 40.5 Å². The minimum absolute atomic E-state index is 0.0438. The number of benzene rings is 2. The van der Waals surface area contributed by atoms with Crippen LogP contribution in [0.2, 0.25) is 0 Å². The van der Waals surface area contributed by atoms with E-state index >= 15 is 0 Å². The van der Waals surface area contributed by atoms with E-state index in [4.69, 9.17) is 0 Å². The maximum Gasteiger partial charge on any atom is 0.230 e. The van der Waals surface area contributed by atoms with Crippen LogP contribution in [0.1, 0.15) is 37.0 Å². The number of carbonyl (C=O) groups excluding carboxylic acids is 2. The number of nitrogens with one attached hydrogen (secondary N) is 1. The summed E-state index contributed by atoms with van der Waals surface area (Å²) in [6, 6.07) is 14.0. The van der Waals surface area contributed by atoms with Crippen LogP contribution >= 0.6 is 0 Å². The van der Waals surface area contributed by atoms with Gasteiger partial charge >= 0.3 is 0 Å². The fourth-order valence-corrected chi connectivity index (χ4v) is 3.64. The highest BCUT2D eigenvalue weighted by molar-refractivity contribution is 6.04. The van der Waals surface area contributed by atoms with E-state index in [0.717, 1.165) is 34.5 Å². The maximum absolute atomic E-state index is 13.0. The molecule has 2 unspecified atom stereocenters. The van der Waals surface area contributed by atoms with Crippen LogP contribution in [0, 0.1) is 25.7 Å². The fourth-order valence-electron chi connectivity index (χ4n) is 3.64. The number of anilines is 2. The number of hydrogen-bond acceptors (Lipinski definition) is 2. The molecule has 0 bridgehead atoms. The maximum atomic E-state index is 13.0. The molecule has 0 spiro atoms. The molecule has 0 saturated heterocycles. The number of aryl methyl sites for hydroxylation is 3. The van der Waals surface area contributed by atoms with Gasteiger partial charge in [0.2, 0.25) is 11.8 Å². The fraction of sp³-hybridized carbons (Fsp3) is 0.391. The molecule has 2 aromatic carbocycles. The molecule has 1 aliphatic rings. The van der Waals surface area contributed by atoms with Gasteiger partial charge < -0.3 is 10.2 Å². The summed E-state index contributed by atoms with van der Waals surface area (Å²) in [6.07, 6.45) is 1.49. The van der Waals surface area contributed by atoms with Gasteiger partial charge in [0.25, 0.3) is 0 Å². The third kappa shape index (κ3) is 4.05. The molecule has 1 saturated carbocycles. The van der Waals surface area contributed by atoms with Crippen molar-refractivity contribution in [3.05, 3.63) is 59.2 Å².